The summed E-state index contributed by atoms with van der Waals surface area (Å²) in [4.78, 5) is 37.9. The number of thiophene rings is 1. The first-order valence-electron chi connectivity index (χ1n) is 10.8. The van der Waals surface area contributed by atoms with E-state index in [1.165, 1.54) is 4.88 Å². The number of piperidine rings is 1. The van der Waals surface area contributed by atoms with E-state index in [4.69, 9.17) is 0 Å². The van der Waals surface area contributed by atoms with Gasteiger partial charge in [-0.05, 0) is 42.8 Å². The number of nitro groups is 1. The van der Waals surface area contributed by atoms with E-state index in [1.807, 2.05) is 17.5 Å². The van der Waals surface area contributed by atoms with Crippen LogP contribution in [0.15, 0.2) is 35.7 Å². The summed E-state index contributed by atoms with van der Waals surface area (Å²) in [6.45, 7) is 1.47. The van der Waals surface area contributed by atoms with Crippen LogP contribution in [0.4, 0.5) is 24.5 Å². The molecule has 1 aliphatic heterocycles. The molecule has 34 heavy (non-hydrogen) atoms. The number of carbonyl (C=O) groups is 2. The zero-order valence-corrected chi connectivity index (χ0v) is 19.1. The second-order valence-corrected chi connectivity index (χ2v) is 8.97. The largest absolute Gasteiger partial charge is 0.416 e. The van der Waals surface area contributed by atoms with Gasteiger partial charge in [0.1, 0.15) is 5.69 Å². The lowest BCUT2D eigenvalue weighted by Gasteiger charge is -2.31. The van der Waals surface area contributed by atoms with Crippen LogP contribution in [-0.2, 0) is 22.2 Å². The van der Waals surface area contributed by atoms with Crippen LogP contribution in [0.1, 0.15) is 29.7 Å². The first-order valence-corrected chi connectivity index (χ1v) is 11.7. The fourth-order valence-electron chi connectivity index (χ4n) is 3.77. The van der Waals surface area contributed by atoms with Crippen molar-refractivity contribution in [2.45, 2.75) is 31.9 Å². The standard InChI is InChI=1S/C22H25F3N4O4S/c23-22(24,25)16-3-4-18(19(14-16)29(32)33)26-10-6-20(30)28-11-7-15(8-12-28)21(31)27-9-5-17-2-1-13-34-17/h1-4,13-15,26H,5-12H2,(H,27,31). The quantitative estimate of drug-likeness (QED) is 0.401. The van der Waals surface area contributed by atoms with Crippen LogP contribution in [0.2, 0.25) is 0 Å². The number of carbonyl (C=O) groups excluding carboxylic acids is 2. The molecular formula is C22H25F3N4O4S. The predicted molar refractivity (Wildman–Crippen MR) is 122 cm³/mol. The Morgan fingerprint density at radius 3 is 2.53 bits per heavy atom. The van der Waals surface area contributed by atoms with Gasteiger partial charge in [0.2, 0.25) is 11.8 Å². The normalized spacial score (nSPS) is 14.6. The number of hydrogen-bond acceptors (Lipinski definition) is 6. The van der Waals surface area contributed by atoms with E-state index in [0.29, 0.717) is 38.5 Å². The lowest BCUT2D eigenvalue weighted by atomic mass is 9.95. The Morgan fingerprint density at radius 2 is 1.91 bits per heavy atom. The second kappa shape index (κ2) is 11.3. The van der Waals surface area contributed by atoms with Gasteiger partial charge < -0.3 is 15.5 Å². The fourth-order valence-corrected chi connectivity index (χ4v) is 4.48. The summed E-state index contributed by atoms with van der Waals surface area (Å²) < 4.78 is 38.4. The van der Waals surface area contributed by atoms with Gasteiger partial charge in [-0.3, -0.25) is 19.7 Å². The molecule has 1 aliphatic rings. The van der Waals surface area contributed by atoms with Gasteiger partial charge in [0.15, 0.2) is 0 Å². The molecule has 1 fully saturated rings. The Balaban J connectivity index is 1.41. The Labute approximate surface area is 198 Å². The number of amides is 2. The summed E-state index contributed by atoms with van der Waals surface area (Å²) >= 11 is 1.64. The zero-order chi connectivity index (χ0) is 24.7. The van der Waals surface area contributed by atoms with Gasteiger partial charge in [0.05, 0.1) is 10.5 Å². The van der Waals surface area contributed by atoms with Crippen LogP contribution in [0.3, 0.4) is 0 Å². The van der Waals surface area contributed by atoms with Crippen molar-refractivity contribution < 1.29 is 27.7 Å². The molecule has 0 unspecified atom stereocenters. The number of benzene rings is 1. The van der Waals surface area contributed by atoms with Gasteiger partial charge in [0, 0.05) is 49.5 Å². The summed E-state index contributed by atoms with van der Waals surface area (Å²) in [6.07, 6.45) is -2.78. The van der Waals surface area contributed by atoms with E-state index in [-0.39, 0.29) is 36.4 Å². The molecule has 3 rings (SSSR count). The molecule has 0 bridgehead atoms. The number of nitrogens with one attached hydrogen (secondary N) is 2. The molecule has 0 spiro atoms. The van der Waals surface area contributed by atoms with Crippen molar-refractivity contribution in [3.05, 3.63) is 56.3 Å². The van der Waals surface area contributed by atoms with E-state index in [1.54, 1.807) is 16.2 Å². The Morgan fingerprint density at radius 1 is 1.18 bits per heavy atom. The van der Waals surface area contributed by atoms with Crippen molar-refractivity contribution in [1.29, 1.82) is 0 Å². The number of anilines is 1. The summed E-state index contributed by atoms with van der Waals surface area (Å²) in [5, 5.41) is 18.8. The third-order valence-electron chi connectivity index (χ3n) is 5.65. The molecule has 1 aromatic carbocycles. The average Bonchev–Trinajstić information content (AvgIpc) is 3.32. The van der Waals surface area contributed by atoms with Gasteiger partial charge >= 0.3 is 6.18 Å². The Kier molecular flexibility index (Phi) is 8.48. The van der Waals surface area contributed by atoms with Gasteiger partial charge in [-0.2, -0.15) is 13.2 Å². The maximum Gasteiger partial charge on any atom is 0.416 e. The van der Waals surface area contributed by atoms with E-state index in [0.717, 1.165) is 18.6 Å². The molecule has 0 atom stereocenters. The third kappa shape index (κ3) is 6.92. The molecule has 2 N–H and O–H groups in total. The van der Waals surface area contributed by atoms with E-state index >= 15 is 0 Å². The van der Waals surface area contributed by atoms with Crippen LogP contribution >= 0.6 is 11.3 Å². The number of halogens is 3. The lowest BCUT2D eigenvalue weighted by Crippen LogP contribution is -2.43. The molecule has 8 nitrogen and oxygen atoms in total. The minimum absolute atomic E-state index is 0.0139. The highest BCUT2D eigenvalue weighted by Gasteiger charge is 2.33. The van der Waals surface area contributed by atoms with Crippen molar-refractivity contribution in [3.8, 4) is 0 Å². The van der Waals surface area contributed by atoms with E-state index < -0.39 is 22.4 Å². The second-order valence-electron chi connectivity index (χ2n) is 7.94. The van der Waals surface area contributed by atoms with Crippen molar-refractivity contribution in [1.82, 2.24) is 10.2 Å². The molecule has 1 aromatic heterocycles. The molecule has 2 aromatic rings. The van der Waals surface area contributed by atoms with Crippen LogP contribution in [0, 0.1) is 16.0 Å². The highest BCUT2D eigenvalue weighted by Crippen LogP contribution is 2.35. The first-order chi connectivity index (χ1) is 16.1. The van der Waals surface area contributed by atoms with Gasteiger partial charge in [-0.1, -0.05) is 6.07 Å². The number of nitrogens with zero attached hydrogens (tertiary/aromatic N) is 2. The summed E-state index contributed by atoms with van der Waals surface area (Å²) in [5.74, 6) is -0.348. The molecule has 0 radical (unpaired) electrons. The molecule has 1 saturated heterocycles. The van der Waals surface area contributed by atoms with Crippen LogP contribution < -0.4 is 10.6 Å². The van der Waals surface area contributed by atoms with Crippen LogP contribution in [0.5, 0.6) is 0 Å². The zero-order valence-electron chi connectivity index (χ0n) is 18.3. The molecule has 0 saturated carbocycles. The molecule has 12 heteroatoms. The van der Waals surface area contributed by atoms with E-state index in [9.17, 15) is 32.9 Å². The minimum Gasteiger partial charge on any atom is -0.379 e. The van der Waals surface area contributed by atoms with Gasteiger partial charge in [-0.25, -0.2) is 0 Å². The lowest BCUT2D eigenvalue weighted by molar-refractivity contribution is -0.384. The highest BCUT2D eigenvalue weighted by molar-refractivity contribution is 7.09. The van der Waals surface area contributed by atoms with Gasteiger partial charge in [0.25, 0.3) is 5.69 Å². The fraction of sp³-hybridized carbons (Fsp3) is 0.455. The maximum absolute atomic E-state index is 12.8. The highest BCUT2D eigenvalue weighted by atomic mass is 32.1. The Bertz CT molecular complexity index is 1010. The van der Waals surface area contributed by atoms with Crippen molar-refractivity contribution >= 4 is 34.5 Å². The topological polar surface area (TPSA) is 105 Å². The number of nitro benzene ring substituents is 1. The molecule has 0 aliphatic carbocycles. The number of rotatable bonds is 9. The molecular weight excluding hydrogens is 473 g/mol. The third-order valence-corrected chi connectivity index (χ3v) is 6.58. The monoisotopic (exact) mass is 498 g/mol. The van der Waals surface area contributed by atoms with Crippen molar-refractivity contribution in [2.75, 3.05) is 31.5 Å². The SMILES string of the molecule is O=C(NCCc1cccs1)C1CCN(C(=O)CCNc2ccc(C(F)(F)F)cc2[N+](=O)[O-])CC1. The Hall–Kier alpha value is -3.15. The van der Waals surface area contributed by atoms with Crippen molar-refractivity contribution in [2.24, 2.45) is 5.92 Å². The van der Waals surface area contributed by atoms with Crippen LogP contribution in [-0.4, -0.2) is 47.8 Å². The predicted octanol–water partition coefficient (Wildman–Crippen LogP) is 4.07. The number of alkyl halides is 3. The molecule has 184 valence electrons. The van der Waals surface area contributed by atoms with Gasteiger partial charge in [-0.15, -0.1) is 11.3 Å². The average molecular weight is 499 g/mol. The summed E-state index contributed by atoms with van der Waals surface area (Å²) in [6, 6.07) is 6.21. The maximum atomic E-state index is 12.8. The van der Waals surface area contributed by atoms with E-state index in [2.05, 4.69) is 10.6 Å². The number of hydrogen-bond donors (Lipinski definition) is 2. The molecule has 2 heterocycles. The summed E-state index contributed by atoms with van der Waals surface area (Å²) in [7, 11) is 0. The minimum atomic E-state index is -4.69. The number of likely N-dealkylation sites (tertiary alicyclic amines) is 1. The summed E-state index contributed by atoms with van der Waals surface area (Å²) in [5.41, 5.74) is -1.89. The molecule has 2 amide bonds. The first kappa shape index (κ1) is 25.5. The smallest absolute Gasteiger partial charge is 0.379 e. The van der Waals surface area contributed by atoms with Crippen LogP contribution in [0.25, 0.3) is 0 Å². The van der Waals surface area contributed by atoms with Crippen molar-refractivity contribution in [3.63, 3.8) is 0 Å².